The van der Waals surface area contributed by atoms with Crippen molar-refractivity contribution in [2.24, 2.45) is 5.92 Å². The van der Waals surface area contributed by atoms with Crippen LogP contribution < -0.4 is 10.5 Å². The van der Waals surface area contributed by atoms with Gasteiger partial charge in [0.25, 0.3) is 0 Å². The molecule has 1 aliphatic carbocycles. The van der Waals surface area contributed by atoms with E-state index in [-0.39, 0.29) is 22.4 Å². The molecular formula is C24H27FN4O2. The molecule has 3 aromatic rings. The number of benzene rings is 1. The van der Waals surface area contributed by atoms with Crippen LogP contribution in [0.15, 0.2) is 47.4 Å². The monoisotopic (exact) mass is 422 g/mol. The number of hydrogen-bond acceptors (Lipinski definition) is 5. The molecule has 0 unspecified atom stereocenters. The molecule has 162 valence electrons. The second-order valence-corrected chi connectivity index (χ2v) is 8.46. The first-order chi connectivity index (χ1) is 14.9. The van der Waals surface area contributed by atoms with E-state index in [0.29, 0.717) is 23.2 Å². The lowest BCUT2D eigenvalue weighted by Gasteiger charge is -2.29. The van der Waals surface area contributed by atoms with E-state index in [1.165, 1.54) is 43.7 Å². The van der Waals surface area contributed by atoms with Crippen molar-refractivity contribution in [3.63, 3.8) is 0 Å². The summed E-state index contributed by atoms with van der Waals surface area (Å²) in [7, 11) is 2.04. The van der Waals surface area contributed by atoms with Crippen LogP contribution in [0.4, 0.5) is 10.2 Å². The highest BCUT2D eigenvalue weighted by Gasteiger charge is 2.22. The Labute approximate surface area is 180 Å². The van der Waals surface area contributed by atoms with Crippen LogP contribution >= 0.6 is 0 Å². The van der Waals surface area contributed by atoms with E-state index in [1.54, 1.807) is 12.1 Å². The van der Waals surface area contributed by atoms with E-state index in [4.69, 9.17) is 0 Å². The standard InChI is InChI=1S/C24H27FN4O2/c1-15-5-3-4-6-17(11-15)29(2)23-8-7-21(27-28-23)19-13-20(25)18(14-22(19)30)16-9-10-26-24(31)12-16/h7-10,12-15,17,30H,3-6,11H2,1-2H3,(H,26,31)/t15-,17+/m1/s1. The van der Waals surface area contributed by atoms with Crippen molar-refractivity contribution in [1.82, 2.24) is 15.2 Å². The molecule has 0 saturated heterocycles. The molecule has 0 amide bonds. The van der Waals surface area contributed by atoms with Gasteiger partial charge in [0.05, 0.1) is 5.69 Å². The minimum atomic E-state index is -0.547. The maximum absolute atomic E-state index is 14.8. The van der Waals surface area contributed by atoms with Gasteiger partial charge in [0.15, 0.2) is 5.82 Å². The number of nitrogens with zero attached hydrogens (tertiary/aromatic N) is 3. The van der Waals surface area contributed by atoms with Crippen molar-refractivity contribution in [3.8, 4) is 28.1 Å². The van der Waals surface area contributed by atoms with Crippen molar-refractivity contribution in [1.29, 1.82) is 0 Å². The minimum absolute atomic E-state index is 0.121. The summed E-state index contributed by atoms with van der Waals surface area (Å²) in [6.45, 7) is 2.30. The third-order valence-electron chi connectivity index (χ3n) is 6.17. The topological polar surface area (TPSA) is 82.1 Å². The van der Waals surface area contributed by atoms with Gasteiger partial charge >= 0.3 is 0 Å². The number of aromatic nitrogens is 3. The summed E-state index contributed by atoms with van der Waals surface area (Å²) < 4.78 is 14.8. The molecule has 1 saturated carbocycles. The maximum atomic E-state index is 14.8. The zero-order chi connectivity index (χ0) is 22.0. The molecule has 2 N–H and O–H groups in total. The number of H-pyrrole nitrogens is 1. The Bertz CT molecular complexity index is 1110. The van der Waals surface area contributed by atoms with E-state index in [9.17, 15) is 14.3 Å². The Morgan fingerprint density at radius 1 is 1.10 bits per heavy atom. The quantitative estimate of drug-likeness (QED) is 0.593. The molecule has 6 nitrogen and oxygen atoms in total. The van der Waals surface area contributed by atoms with Crippen LogP contribution in [-0.4, -0.2) is 33.4 Å². The maximum Gasteiger partial charge on any atom is 0.248 e. The van der Waals surface area contributed by atoms with E-state index in [2.05, 4.69) is 27.0 Å². The number of phenolic OH excluding ortho intramolecular Hbond substituents is 1. The normalized spacial score (nSPS) is 19.1. The zero-order valence-corrected chi connectivity index (χ0v) is 17.8. The highest BCUT2D eigenvalue weighted by molar-refractivity contribution is 5.74. The van der Waals surface area contributed by atoms with Gasteiger partial charge in [-0.15, -0.1) is 10.2 Å². The van der Waals surface area contributed by atoms with Gasteiger partial charge in [-0.3, -0.25) is 4.79 Å². The molecule has 2 atom stereocenters. The lowest BCUT2D eigenvalue weighted by Crippen LogP contribution is -2.33. The molecule has 2 aromatic heterocycles. The van der Waals surface area contributed by atoms with Crippen molar-refractivity contribution in [2.45, 2.75) is 45.1 Å². The van der Waals surface area contributed by atoms with Crippen LogP contribution in [0.5, 0.6) is 5.75 Å². The van der Waals surface area contributed by atoms with Crippen LogP contribution in [0.1, 0.15) is 39.0 Å². The van der Waals surface area contributed by atoms with E-state index in [0.717, 1.165) is 18.7 Å². The summed E-state index contributed by atoms with van der Waals surface area (Å²) in [6.07, 6.45) is 7.48. The lowest BCUT2D eigenvalue weighted by molar-refractivity contribution is 0.456. The van der Waals surface area contributed by atoms with Gasteiger partial charge in [0.2, 0.25) is 5.56 Å². The molecule has 1 fully saturated rings. The fraction of sp³-hybridized carbons (Fsp3) is 0.375. The minimum Gasteiger partial charge on any atom is -0.507 e. The zero-order valence-electron chi connectivity index (χ0n) is 17.8. The molecule has 0 aliphatic heterocycles. The van der Waals surface area contributed by atoms with E-state index >= 15 is 0 Å². The fourth-order valence-electron chi connectivity index (χ4n) is 4.37. The third kappa shape index (κ3) is 4.60. The van der Waals surface area contributed by atoms with Crippen LogP contribution in [0.25, 0.3) is 22.4 Å². The SMILES string of the molecule is C[C@@H]1CCCC[C@H](N(C)c2ccc(-c3cc(F)c(-c4cc[nH]c(=O)c4)cc3O)nn2)C1. The smallest absolute Gasteiger partial charge is 0.248 e. The number of pyridine rings is 1. The number of nitrogens with one attached hydrogen (secondary N) is 1. The molecule has 4 rings (SSSR count). The summed E-state index contributed by atoms with van der Waals surface area (Å²) in [4.78, 5) is 16.2. The highest BCUT2D eigenvalue weighted by Crippen LogP contribution is 2.35. The lowest BCUT2D eigenvalue weighted by atomic mass is 9.99. The number of aromatic hydroxyl groups is 1. The first-order valence-corrected chi connectivity index (χ1v) is 10.7. The Morgan fingerprint density at radius 2 is 1.90 bits per heavy atom. The van der Waals surface area contributed by atoms with Crippen molar-refractivity contribution in [3.05, 3.63) is 58.8 Å². The van der Waals surface area contributed by atoms with Crippen LogP contribution in [0.2, 0.25) is 0 Å². The van der Waals surface area contributed by atoms with Crippen molar-refractivity contribution < 1.29 is 9.50 Å². The number of rotatable bonds is 4. The van der Waals surface area contributed by atoms with Crippen LogP contribution in [0, 0.1) is 11.7 Å². The summed E-state index contributed by atoms with van der Waals surface area (Å²) >= 11 is 0. The van der Waals surface area contributed by atoms with Gasteiger partial charge in [-0.05, 0) is 54.7 Å². The molecule has 1 aromatic carbocycles. The summed E-state index contributed by atoms with van der Waals surface area (Å²) in [5, 5.41) is 19.1. The Hall–Kier alpha value is -3.22. The first kappa shape index (κ1) is 21.0. The highest BCUT2D eigenvalue weighted by atomic mass is 19.1. The second-order valence-electron chi connectivity index (χ2n) is 8.46. The molecule has 0 spiro atoms. The van der Waals surface area contributed by atoms with Gasteiger partial charge in [0.1, 0.15) is 11.6 Å². The number of halogens is 1. The summed E-state index contributed by atoms with van der Waals surface area (Å²) in [5.74, 6) is 0.794. The summed E-state index contributed by atoms with van der Waals surface area (Å²) in [5.41, 5.74) is 0.855. The predicted molar refractivity (Wildman–Crippen MR) is 120 cm³/mol. The molecular weight excluding hydrogens is 395 g/mol. The number of anilines is 1. The fourth-order valence-corrected chi connectivity index (χ4v) is 4.37. The Balaban J connectivity index is 1.59. The Kier molecular flexibility index (Phi) is 6.02. The predicted octanol–water partition coefficient (Wildman–Crippen LogP) is 4.75. The van der Waals surface area contributed by atoms with Gasteiger partial charge < -0.3 is 15.0 Å². The largest absolute Gasteiger partial charge is 0.507 e. The van der Waals surface area contributed by atoms with E-state index < -0.39 is 5.82 Å². The molecule has 31 heavy (non-hydrogen) atoms. The summed E-state index contributed by atoms with van der Waals surface area (Å²) in [6, 6.07) is 9.45. The third-order valence-corrected chi connectivity index (χ3v) is 6.17. The Morgan fingerprint density at radius 3 is 2.65 bits per heavy atom. The van der Waals surface area contributed by atoms with Gasteiger partial charge in [-0.2, -0.15) is 0 Å². The second kappa shape index (κ2) is 8.88. The molecule has 0 radical (unpaired) electrons. The van der Waals surface area contributed by atoms with Gasteiger partial charge in [0, 0.05) is 36.5 Å². The number of phenols is 1. The van der Waals surface area contributed by atoms with Gasteiger partial charge in [-0.25, -0.2) is 4.39 Å². The number of aromatic amines is 1. The number of hydrogen-bond donors (Lipinski definition) is 2. The molecule has 1 aliphatic rings. The molecule has 7 heteroatoms. The van der Waals surface area contributed by atoms with Crippen molar-refractivity contribution in [2.75, 3.05) is 11.9 Å². The van der Waals surface area contributed by atoms with Crippen LogP contribution in [0.3, 0.4) is 0 Å². The van der Waals surface area contributed by atoms with Gasteiger partial charge in [-0.1, -0.05) is 26.2 Å². The molecule has 0 bridgehead atoms. The average molecular weight is 423 g/mol. The average Bonchev–Trinajstić information content (AvgIpc) is 2.99. The van der Waals surface area contributed by atoms with Crippen molar-refractivity contribution >= 4 is 5.82 Å². The first-order valence-electron chi connectivity index (χ1n) is 10.7. The molecule has 2 heterocycles. The van der Waals surface area contributed by atoms with Crippen LogP contribution in [-0.2, 0) is 0 Å². The van der Waals surface area contributed by atoms with E-state index in [1.807, 2.05) is 13.1 Å².